The summed E-state index contributed by atoms with van der Waals surface area (Å²) in [6.07, 6.45) is 5.02. The highest BCUT2D eigenvalue weighted by Crippen LogP contribution is 2.44. The van der Waals surface area contributed by atoms with Gasteiger partial charge >= 0.3 is 0 Å². The Labute approximate surface area is 92.0 Å². The highest BCUT2D eigenvalue weighted by atomic mass is 16.1. The first-order chi connectivity index (χ1) is 7.15. The van der Waals surface area contributed by atoms with Crippen LogP contribution in [0.5, 0.6) is 0 Å². The molecule has 2 atom stereocenters. The molecule has 0 aromatic heterocycles. The molecule has 2 heteroatoms. The van der Waals surface area contributed by atoms with Crippen molar-refractivity contribution in [3.63, 3.8) is 0 Å². The van der Waals surface area contributed by atoms with Crippen LogP contribution in [0.4, 0.5) is 0 Å². The van der Waals surface area contributed by atoms with Crippen molar-refractivity contribution >= 4 is 5.78 Å². The lowest BCUT2D eigenvalue weighted by molar-refractivity contribution is -0.142. The van der Waals surface area contributed by atoms with Gasteiger partial charge in [0.05, 0.1) is 6.54 Å². The van der Waals surface area contributed by atoms with Gasteiger partial charge in [0, 0.05) is 18.0 Å². The minimum Gasteiger partial charge on any atom is -0.298 e. The third-order valence-corrected chi connectivity index (χ3v) is 4.94. The van der Waals surface area contributed by atoms with Gasteiger partial charge in [-0.3, -0.25) is 9.69 Å². The minimum absolute atomic E-state index is 0.429. The van der Waals surface area contributed by atoms with E-state index in [1.807, 2.05) is 0 Å². The van der Waals surface area contributed by atoms with Crippen LogP contribution in [0.3, 0.4) is 0 Å². The van der Waals surface area contributed by atoms with Crippen LogP contribution in [0.1, 0.15) is 39.5 Å². The number of fused-ring (bicyclic) bond motifs is 1. The number of piperidine rings is 4. The van der Waals surface area contributed by atoms with E-state index in [0.717, 1.165) is 30.5 Å². The zero-order valence-electron chi connectivity index (χ0n) is 9.78. The maximum absolute atomic E-state index is 11.7. The Hall–Kier alpha value is -0.370. The molecule has 0 aromatic carbocycles. The third-order valence-electron chi connectivity index (χ3n) is 4.94. The molecule has 2 nitrogen and oxygen atoms in total. The van der Waals surface area contributed by atoms with Gasteiger partial charge in [-0.25, -0.2) is 0 Å². The summed E-state index contributed by atoms with van der Waals surface area (Å²) >= 11 is 0. The van der Waals surface area contributed by atoms with Crippen LogP contribution in [0.2, 0.25) is 0 Å². The minimum atomic E-state index is 0.429. The predicted molar refractivity (Wildman–Crippen MR) is 59.6 cm³/mol. The highest BCUT2D eigenvalue weighted by Gasteiger charge is 2.48. The summed E-state index contributed by atoms with van der Waals surface area (Å²) in [5.74, 6) is 2.68. The molecule has 4 rings (SSSR count). The van der Waals surface area contributed by atoms with Gasteiger partial charge < -0.3 is 0 Å². The largest absolute Gasteiger partial charge is 0.298 e. The van der Waals surface area contributed by atoms with Crippen molar-refractivity contribution in [2.45, 2.75) is 51.6 Å². The fraction of sp³-hybridized carbons (Fsp3) is 0.923. The Balaban J connectivity index is 1.79. The first-order valence-electron chi connectivity index (χ1n) is 6.43. The van der Waals surface area contributed by atoms with E-state index in [-0.39, 0.29) is 0 Å². The van der Waals surface area contributed by atoms with E-state index in [1.54, 1.807) is 0 Å². The van der Waals surface area contributed by atoms with Crippen molar-refractivity contribution in [1.29, 1.82) is 0 Å². The van der Waals surface area contributed by atoms with Gasteiger partial charge in [-0.1, -0.05) is 13.8 Å². The van der Waals surface area contributed by atoms with Gasteiger partial charge in [-0.15, -0.1) is 0 Å². The summed E-state index contributed by atoms with van der Waals surface area (Å²) in [5, 5.41) is 0. The monoisotopic (exact) mass is 207 g/mol. The molecule has 0 aromatic rings. The quantitative estimate of drug-likeness (QED) is 0.656. The van der Waals surface area contributed by atoms with Gasteiger partial charge in [-0.2, -0.15) is 0 Å². The third kappa shape index (κ3) is 1.45. The molecule has 84 valence electrons. The maximum Gasteiger partial charge on any atom is 0.150 e. The van der Waals surface area contributed by atoms with Crippen molar-refractivity contribution in [1.82, 2.24) is 4.90 Å². The smallest absolute Gasteiger partial charge is 0.150 e. The molecular formula is C13H21NO. The Morgan fingerprint density at radius 1 is 1.13 bits per heavy atom. The molecular weight excluding hydrogens is 186 g/mol. The molecule has 0 saturated carbocycles. The van der Waals surface area contributed by atoms with Crippen molar-refractivity contribution in [3.8, 4) is 0 Å². The number of Topliss-reactive ketones (excluding diaryl/α,β-unsaturated/α-hetero) is 1. The van der Waals surface area contributed by atoms with E-state index >= 15 is 0 Å². The Morgan fingerprint density at radius 2 is 1.73 bits per heavy atom. The van der Waals surface area contributed by atoms with Crippen molar-refractivity contribution < 1.29 is 4.79 Å². The zero-order valence-corrected chi connectivity index (χ0v) is 9.78. The summed E-state index contributed by atoms with van der Waals surface area (Å²) in [6.45, 7) is 5.47. The second-order valence-corrected chi connectivity index (χ2v) is 6.09. The molecule has 4 bridgehead atoms. The number of carbonyl (C=O) groups excluding carboxylic acids is 1. The summed E-state index contributed by atoms with van der Waals surface area (Å²) in [7, 11) is 0. The van der Waals surface area contributed by atoms with Crippen LogP contribution in [-0.4, -0.2) is 29.3 Å². The molecule has 0 radical (unpaired) electrons. The average Bonchev–Trinajstić information content (AvgIpc) is 2.16. The molecule has 4 aliphatic rings. The number of nitrogens with zero attached hydrogens (tertiary/aromatic N) is 1. The highest BCUT2D eigenvalue weighted by molar-refractivity contribution is 5.84. The van der Waals surface area contributed by atoms with Crippen LogP contribution in [0.25, 0.3) is 0 Å². The van der Waals surface area contributed by atoms with Crippen LogP contribution >= 0.6 is 0 Å². The predicted octanol–water partition coefficient (Wildman–Crippen LogP) is 2.08. The molecule has 4 fully saturated rings. The lowest BCUT2D eigenvalue weighted by Crippen LogP contribution is -2.62. The second kappa shape index (κ2) is 3.31. The number of ketones is 1. The molecule has 4 saturated heterocycles. The van der Waals surface area contributed by atoms with Crippen molar-refractivity contribution in [2.24, 2.45) is 17.8 Å². The summed E-state index contributed by atoms with van der Waals surface area (Å²) in [6, 6.07) is 1.49. The number of hydrogen-bond acceptors (Lipinski definition) is 2. The molecule has 0 N–H and O–H groups in total. The van der Waals surface area contributed by atoms with Gasteiger partial charge in [0.25, 0.3) is 0 Å². The van der Waals surface area contributed by atoms with E-state index in [0.29, 0.717) is 11.7 Å². The van der Waals surface area contributed by atoms with Crippen LogP contribution in [-0.2, 0) is 4.79 Å². The van der Waals surface area contributed by atoms with Crippen molar-refractivity contribution in [3.05, 3.63) is 0 Å². The van der Waals surface area contributed by atoms with Gasteiger partial charge in [0.15, 0.2) is 0 Å². The van der Waals surface area contributed by atoms with E-state index in [4.69, 9.17) is 0 Å². The van der Waals surface area contributed by atoms with Gasteiger partial charge in [0.1, 0.15) is 5.78 Å². The second-order valence-electron chi connectivity index (χ2n) is 6.09. The summed E-state index contributed by atoms with van der Waals surface area (Å²) in [4.78, 5) is 14.2. The standard InChI is InChI=1S/C13H21NO/c1-8(2)9-3-11-5-10-6-12(4-9)14(11)7-13(10)15/h8-12H,3-7H2,1-2H3. The Morgan fingerprint density at radius 3 is 2.20 bits per heavy atom. The first-order valence-corrected chi connectivity index (χ1v) is 6.43. The Kier molecular flexibility index (Phi) is 2.17. The van der Waals surface area contributed by atoms with Gasteiger partial charge in [0.2, 0.25) is 0 Å². The molecule has 0 amide bonds. The van der Waals surface area contributed by atoms with Gasteiger partial charge in [-0.05, 0) is 37.5 Å². The number of rotatable bonds is 1. The lowest BCUT2D eigenvalue weighted by Gasteiger charge is -2.55. The van der Waals surface area contributed by atoms with Crippen LogP contribution in [0, 0.1) is 17.8 Å². The molecule has 4 aliphatic heterocycles. The summed E-state index contributed by atoms with van der Waals surface area (Å²) in [5.41, 5.74) is 0. The fourth-order valence-corrected chi connectivity index (χ4v) is 3.95. The van der Waals surface area contributed by atoms with E-state index in [1.165, 1.54) is 25.7 Å². The zero-order chi connectivity index (χ0) is 10.6. The van der Waals surface area contributed by atoms with Crippen molar-refractivity contribution in [2.75, 3.05) is 6.54 Å². The normalized spacial score (nSPS) is 48.7. The van der Waals surface area contributed by atoms with Crippen LogP contribution < -0.4 is 0 Å². The topological polar surface area (TPSA) is 20.3 Å². The first kappa shape index (κ1) is 9.83. The van der Waals surface area contributed by atoms with Crippen LogP contribution in [0.15, 0.2) is 0 Å². The summed E-state index contributed by atoms with van der Waals surface area (Å²) < 4.78 is 0. The van der Waals surface area contributed by atoms with E-state index in [2.05, 4.69) is 18.7 Å². The fourth-order valence-electron chi connectivity index (χ4n) is 3.95. The maximum atomic E-state index is 11.7. The van der Waals surface area contributed by atoms with E-state index in [9.17, 15) is 4.79 Å². The molecule has 0 spiro atoms. The average molecular weight is 207 g/mol. The number of carbonyl (C=O) groups is 1. The molecule has 0 aliphatic carbocycles. The lowest BCUT2D eigenvalue weighted by atomic mass is 9.67. The Bertz CT molecular complexity index is 270. The molecule has 4 heterocycles. The number of hydrogen-bond donors (Lipinski definition) is 0. The van der Waals surface area contributed by atoms with E-state index < -0.39 is 0 Å². The molecule has 15 heavy (non-hydrogen) atoms. The molecule has 2 unspecified atom stereocenters. The SMILES string of the molecule is CC(C)C1CC2CC3CC(C1)N2CC3=O.